The second-order valence-corrected chi connectivity index (χ2v) is 7.31. The summed E-state index contributed by atoms with van der Waals surface area (Å²) in [5.74, 6) is -1.62. The molecule has 0 saturated carbocycles. The Morgan fingerprint density at radius 2 is 2.15 bits per heavy atom. The van der Waals surface area contributed by atoms with Crippen molar-refractivity contribution in [1.29, 1.82) is 0 Å². The molecule has 1 aromatic heterocycles. The number of amides is 2. The van der Waals surface area contributed by atoms with Crippen molar-refractivity contribution < 1.29 is 28.8 Å². The first-order valence-corrected chi connectivity index (χ1v) is 9.52. The van der Waals surface area contributed by atoms with Gasteiger partial charge >= 0.3 is 5.97 Å². The highest BCUT2D eigenvalue weighted by Crippen LogP contribution is 2.26. The molecule has 3 unspecified atom stereocenters. The third-order valence-electron chi connectivity index (χ3n) is 4.73. The zero-order valence-electron chi connectivity index (χ0n) is 15.0. The Bertz CT molecular complexity index is 752. The maximum atomic E-state index is 12.8. The van der Waals surface area contributed by atoms with Gasteiger partial charge in [0, 0.05) is 25.1 Å². The van der Waals surface area contributed by atoms with E-state index in [1.54, 1.807) is 18.4 Å². The molecule has 4 atom stereocenters. The number of cyclic esters (lactones) is 1. The molecule has 0 aromatic carbocycles. The smallest absolute Gasteiger partial charge is 0.306 e. The standard InChI is InChI=1S/C17H21N3O6S/c1-9(15(18)16(23)13-3-4-14(22)26-13)20-17(24)12(7-25-20)19(10(2)21)11-5-6-27-8-11/h5-6,8-9,12-13,15H,3-4,7,18H2,1-2H3/t9?,12-,13?,15?/m0/s1. The first-order chi connectivity index (χ1) is 12.8. The van der Waals surface area contributed by atoms with E-state index in [0.717, 1.165) is 5.06 Å². The van der Waals surface area contributed by atoms with E-state index in [-0.39, 0.29) is 25.4 Å². The number of hydrogen-bond acceptors (Lipinski definition) is 8. The van der Waals surface area contributed by atoms with Crippen LogP contribution in [0.1, 0.15) is 26.7 Å². The summed E-state index contributed by atoms with van der Waals surface area (Å²) in [6.45, 7) is 2.93. The molecule has 0 bridgehead atoms. The molecule has 2 N–H and O–H groups in total. The van der Waals surface area contributed by atoms with Gasteiger partial charge in [-0.3, -0.25) is 28.9 Å². The molecule has 2 amide bonds. The minimum Gasteiger partial charge on any atom is -0.454 e. The Kier molecular flexibility index (Phi) is 5.59. The number of hydroxylamine groups is 2. The molecule has 0 aliphatic carbocycles. The molecule has 10 heteroatoms. The summed E-state index contributed by atoms with van der Waals surface area (Å²) in [5, 5.41) is 4.63. The zero-order valence-corrected chi connectivity index (χ0v) is 15.8. The molecule has 2 aliphatic heterocycles. The minimum atomic E-state index is -1.07. The average molecular weight is 395 g/mol. The Morgan fingerprint density at radius 1 is 1.41 bits per heavy atom. The van der Waals surface area contributed by atoms with Gasteiger partial charge in [-0.1, -0.05) is 0 Å². The highest BCUT2D eigenvalue weighted by molar-refractivity contribution is 7.08. The van der Waals surface area contributed by atoms with E-state index in [1.807, 2.05) is 5.38 Å². The van der Waals surface area contributed by atoms with Gasteiger partial charge in [0.15, 0.2) is 11.9 Å². The number of nitrogens with two attached hydrogens (primary N) is 1. The third kappa shape index (κ3) is 3.73. The molecule has 2 aliphatic rings. The van der Waals surface area contributed by atoms with Crippen molar-refractivity contribution >= 4 is 40.6 Å². The predicted molar refractivity (Wildman–Crippen MR) is 95.6 cm³/mol. The molecular formula is C17H21N3O6S. The summed E-state index contributed by atoms with van der Waals surface area (Å²) >= 11 is 1.41. The van der Waals surface area contributed by atoms with E-state index in [1.165, 1.54) is 23.2 Å². The van der Waals surface area contributed by atoms with Gasteiger partial charge in [0.25, 0.3) is 5.91 Å². The molecule has 27 heavy (non-hydrogen) atoms. The van der Waals surface area contributed by atoms with Gasteiger partial charge in [-0.2, -0.15) is 11.3 Å². The highest BCUT2D eigenvalue weighted by Gasteiger charge is 2.45. The van der Waals surface area contributed by atoms with Gasteiger partial charge in [-0.25, -0.2) is 5.06 Å². The number of rotatable bonds is 6. The lowest BCUT2D eigenvalue weighted by molar-refractivity contribution is -0.176. The van der Waals surface area contributed by atoms with E-state index < -0.39 is 41.9 Å². The fourth-order valence-corrected chi connectivity index (χ4v) is 3.86. The van der Waals surface area contributed by atoms with Crippen LogP contribution in [0, 0.1) is 0 Å². The van der Waals surface area contributed by atoms with Crippen molar-refractivity contribution in [3.8, 4) is 0 Å². The predicted octanol–water partition coefficient (Wildman–Crippen LogP) is 0.234. The van der Waals surface area contributed by atoms with E-state index in [2.05, 4.69) is 0 Å². The van der Waals surface area contributed by atoms with E-state index in [4.69, 9.17) is 15.3 Å². The highest BCUT2D eigenvalue weighted by atomic mass is 32.1. The maximum absolute atomic E-state index is 12.8. The van der Waals surface area contributed by atoms with Crippen molar-refractivity contribution in [3.63, 3.8) is 0 Å². The molecule has 1 aromatic rings. The lowest BCUT2D eigenvalue weighted by Crippen LogP contribution is -2.55. The van der Waals surface area contributed by atoms with Gasteiger partial charge in [-0.05, 0) is 18.4 Å². The molecule has 146 valence electrons. The van der Waals surface area contributed by atoms with Gasteiger partial charge in [0.2, 0.25) is 5.91 Å². The molecule has 3 rings (SSSR count). The minimum absolute atomic E-state index is 0.0298. The Hall–Kier alpha value is -2.30. The second kappa shape index (κ2) is 7.75. The summed E-state index contributed by atoms with van der Waals surface area (Å²) in [7, 11) is 0. The topological polar surface area (TPSA) is 119 Å². The van der Waals surface area contributed by atoms with Crippen molar-refractivity contribution in [3.05, 3.63) is 16.8 Å². The third-order valence-corrected chi connectivity index (χ3v) is 5.40. The number of Topliss-reactive ketones (excluding diaryl/α,β-unsaturated/α-hetero) is 1. The van der Waals surface area contributed by atoms with Crippen LogP contribution in [0.15, 0.2) is 16.8 Å². The molecule has 3 heterocycles. The van der Waals surface area contributed by atoms with E-state index in [9.17, 15) is 19.2 Å². The molecule has 0 spiro atoms. The first kappa shape index (κ1) is 19.5. The van der Waals surface area contributed by atoms with Crippen LogP contribution >= 0.6 is 11.3 Å². The quantitative estimate of drug-likeness (QED) is 0.685. The zero-order chi connectivity index (χ0) is 19.7. The van der Waals surface area contributed by atoms with Crippen LogP contribution in [0.25, 0.3) is 0 Å². The Balaban J connectivity index is 1.71. The summed E-state index contributed by atoms with van der Waals surface area (Å²) < 4.78 is 4.96. The number of esters is 1. The molecule has 2 saturated heterocycles. The van der Waals surface area contributed by atoms with Crippen LogP contribution in [0.2, 0.25) is 0 Å². The molecule has 2 fully saturated rings. The second-order valence-electron chi connectivity index (χ2n) is 6.53. The number of ketones is 1. The van der Waals surface area contributed by atoms with Gasteiger partial charge < -0.3 is 10.5 Å². The number of thiophene rings is 1. The molecule has 9 nitrogen and oxygen atoms in total. The number of anilines is 1. The first-order valence-electron chi connectivity index (χ1n) is 8.58. The number of carbonyl (C=O) groups excluding carboxylic acids is 4. The average Bonchev–Trinajstić information content (AvgIpc) is 3.36. The fourth-order valence-electron chi connectivity index (χ4n) is 3.24. The summed E-state index contributed by atoms with van der Waals surface area (Å²) in [4.78, 5) is 55.4. The lowest BCUT2D eigenvalue weighted by Gasteiger charge is -2.29. The fraction of sp³-hybridized carbons (Fsp3) is 0.529. The largest absolute Gasteiger partial charge is 0.454 e. The van der Waals surface area contributed by atoms with Crippen molar-refractivity contribution in [2.75, 3.05) is 11.5 Å². The van der Waals surface area contributed by atoms with E-state index >= 15 is 0 Å². The van der Waals surface area contributed by atoms with Gasteiger partial charge in [-0.15, -0.1) is 0 Å². The Labute approximate surface area is 159 Å². The normalized spacial score (nSPS) is 24.6. The van der Waals surface area contributed by atoms with E-state index in [0.29, 0.717) is 5.69 Å². The summed E-state index contributed by atoms with van der Waals surface area (Å²) in [5.41, 5.74) is 6.62. The maximum Gasteiger partial charge on any atom is 0.306 e. The van der Waals surface area contributed by atoms with Gasteiger partial charge in [0.1, 0.15) is 12.6 Å². The van der Waals surface area contributed by atoms with Gasteiger partial charge in [0.05, 0.1) is 17.8 Å². The van der Waals surface area contributed by atoms with Crippen molar-refractivity contribution in [2.45, 2.75) is 50.9 Å². The SMILES string of the molecule is CC(=O)N(c1ccsc1)[C@H]1CON(C(C)C(N)C(=O)C2CCC(=O)O2)C1=O. The number of ether oxygens (including phenoxy) is 1. The van der Waals surface area contributed by atoms with Crippen molar-refractivity contribution in [2.24, 2.45) is 5.73 Å². The Morgan fingerprint density at radius 3 is 2.70 bits per heavy atom. The van der Waals surface area contributed by atoms with Crippen LogP contribution in [-0.4, -0.2) is 59.5 Å². The molecule has 0 radical (unpaired) electrons. The summed E-state index contributed by atoms with van der Waals surface area (Å²) in [6, 6.07) is -0.929. The van der Waals surface area contributed by atoms with Crippen LogP contribution in [0.5, 0.6) is 0 Å². The number of carbonyl (C=O) groups is 4. The molecular weight excluding hydrogens is 374 g/mol. The van der Waals surface area contributed by atoms with Crippen molar-refractivity contribution in [1.82, 2.24) is 5.06 Å². The summed E-state index contributed by atoms with van der Waals surface area (Å²) in [6.07, 6.45) is -0.429. The number of nitrogens with zero attached hydrogens (tertiary/aromatic N) is 2. The number of hydrogen-bond donors (Lipinski definition) is 1. The monoisotopic (exact) mass is 395 g/mol. The van der Waals surface area contributed by atoms with Crippen LogP contribution in [-0.2, 0) is 28.8 Å². The lowest BCUT2D eigenvalue weighted by atomic mass is 9.99. The van der Waals surface area contributed by atoms with Crippen LogP contribution in [0.4, 0.5) is 5.69 Å². The van der Waals surface area contributed by atoms with Crippen LogP contribution in [0.3, 0.4) is 0 Å². The van der Waals surface area contributed by atoms with Crippen LogP contribution < -0.4 is 10.6 Å².